The smallest absolute Gasteiger partial charge is 0.272 e. The first-order valence-corrected chi connectivity index (χ1v) is 9.01. The summed E-state index contributed by atoms with van der Waals surface area (Å²) in [6, 6.07) is 13.9. The molecule has 1 amide bonds. The monoisotopic (exact) mass is 368 g/mol. The largest absolute Gasteiger partial charge is 0.379 e. The van der Waals surface area contributed by atoms with Crippen molar-refractivity contribution in [1.29, 1.82) is 0 Å². The molecule has 0 bridgehead atoms. The molecule has 2 heterocycles. The highest BCUT2D eigenvalue weighted by Crippen LogP contribution is 2.22. The van der Waals surface area contributed by atoms with Crippen molar-refractivity contribution >= 4 is 16.8 Å². The number of hydrogen-bond donors (Lipinski definition) is 2. The highest BCUT2D eigenvalue weighted by atomic mass is 19.1. The highest BCUT2D eigenvalue weighted by Gasteiger charge is 2.24. The van der Waals surface area contributed by atoms with E-state index in [9.17, 15) is 9.18 Å². The molecule has 6 nitrogen and oxygen atoms in total. The molecular formula is C20H21FN4O2. The average molecular weight is 368 g/mol. The topological polar surface area (TPSA) is 70.2 Å². The maximum atomic E-state index is 13.3. The number of morpholine rings is 1. The van der Waals surface area contributed by atoms with Gasteiger partial charge in [0.15, 0.2) is 5.69 Å². The lowest BCUT2D eigenvalue weighted by atomic mass is 10.0. The summed E-state index contributed by atoms with van der Waals surface area (Å²) in [6.45, 7) is 3.24. The fourth-order valence-corrected chi connectivity index (χ4v) is 3.44. The van der Waals surface area contributed by atoms with E-state index in [0.29, 0.717) is 25.5 Å². The van der Waals surface area contributed by atoms with Crippen molar-refractivity contribution in [3.63, 3.8) is 0 Å². The van der Waals surface area contributed by atoms with Crippen molar-refractivity contribution in [1.82, 2.24) is 20.4 Å². The third kappa shape index (κ3) is 3.84. The predicted molar refractivity (Wildman–Crippen MR) is 100.0 cm³/mol. The summed E-state index contributed by atoms with van der Waals surface area (Å²) in [5.41, 5.74) is 2.17. The molecule has 0 aliphatic carbocycles. The zero-order chi connectivity index (χ0) is 18.6. The minimum Gasteiger partial charge on any atom is -0.379 e. The SMILES string of the molecule is O=C(NCC(c1ccc(F)cc1)N1CCOCC1)c1n[nH]c2ccccc12. The molecule has 7 heteroatoms. The number of amides is 1. The number of carbonyl (C=O) groups excluding carboxylic acids is 1. The molecule has 1 fully saturated rings. The van der Waals surface area contributed by atoms with Gasteiger partial charge < -0.3 is 10.1 Å². The van der Waals surface area contributed by atoms with Crippen LogP contribution in [-0.2, 0) is 4.74 Å². The molecule has 3 aromatic rings. The van der Waals surface area contributed by atoms with Gasteiger partial charge in [0.05, 0.1) is 24.8 Å². The van der Waals surface area contributed by atoms with Crippen LogP contribution in [0.25, 0.3) is 10.9 Å². The van der Waals surface area contributed by atoms with Crippen LogP contribution >= 0.6 is 0 Å². The van der Waals surface area contributed by atoms with Gasteiger partial charge in [-0.1, -0.05) is 30.3 Å². The number of para-hydroxylation sites is 1. The van der Waals surface area contributed by atoms with E-state index in [0.717, 1.165) is 29.6 Å². The predicted octanol–water partition coefficient (Wildman–Crippen LogP) is 2.51. The number of ether oxygens (including phenoxy) is 1. The summed E-state index contributed by atoms with van der Waals surface area (Å²) < 4.78 is 18.8. The number of hydrogen-bond acceptors (Lipinski definition) is 4. The van der Waals surface area contributed by atoms with E-state index in [4.69, 9.17) is 4.74 Å². The van der Waals surface area contributed by atoms with Gasteiger partial charge in [-0.15, -0.1) is 0 Å². The highest BCUT2D eigenvalue weighted by molar-refractivity contribution is 6.04. The van der Waals surface area contributed by atoms with Crippen LogP contribution in [0.15, 0.2) is 48.5 Å². The maximum Gasteiger partial charge on any atom is 0.272 e. The number of aromatic amines is 1. The summed E-state index contributed by atoms with van der Waals surface area (Å²) in [4.78, 5) is 14.9. The summed E-state index contributed by atoms with van der Waals surface area (Å²) in [5.74, 6) is -0.501. The summed E-state index contributed by atoms with van der Waals surface area (Å²) >= 11 is 0. The van der Waals surface area contributed by atoms with Crippen LogP contribution in [0.5, 0.6) is 0 Å². The van der Waals surface area contributed by atoms with Gasteiger partial charge in [-0.05, 0) is 23.8 Å². The number of halogens is 1. The molecule has 1 aliphatic rings. The fourth-order valence-electron chi connectivity index (χ4n) is 3.44. The molecule has 1 aromatic heterocycles. The van der Waals surface area contributed by atoms with Crippen molar-refractivity contribution in [2.45, 2.75) is 6.04 Å². The molecule has 0 spiro atoms. The molecule has 2 aromatic carbocycles. The van der Waals surface area contributed by atoms with Crippen LogP contribution in [0.2, 0.25) is 0 Å². The van der Waals surface area contributed by atoms with Crippen LogP contribution in [0.1, 0.15) is 22.1 Å². The number of H-pyrrole nitrogens is 1. The Bertz CT molecular complexity index is 919. The average Bonchev–Trinajstić information content (AvgIpc) is 3.14. The fraction of sp³-hybridized carbons (Fsp3) is 0.300. The van der Waals surface area contributed by atoms with E-state index in [-0.39, 0.29) is 17.8 Å². The third-order valence-electron chi connectivity index (χ3n) is 4.88. The van der Waals surface area contributed by atoms with E-state index in [1.54, 1.807) is 12.1 Å². The van der Waals surface area contributed by atoms with Gasteiger partial charge in [0.1, 0.15) is 5.82 Å². The normalized spacial score (nSPS) is 16.3. The zero-order valence-electron chi connectivity index (χ0n) is 14.8. The van der Waals surface area contributed by atoms with Gasteiger partial charge in [0.25, 0.3) is 5.91 Å². The number of nitrogens with one attached hydrogen (secondary N) is 2. The van der Waals surface area contributed by atoms with Crippen LogP contribution in [-0.4, -0.2) is 53.9 Å². The van der Waals surface area contributed by atoms with E-state index in [1.165, 1.54) is 12.1 Å². The quantitative estimate of drug-likeness (QED) is 0.726. The molecule has 1 atom stereocenters. The summed E-state index contributed by atoms with van der Waals surface area (Å²) in [7, 11) is 0. The van der Waals surface area contributed by atoms with Crippen LogP contribution < -0.4 is 5.32 Å². The molecule has 1 saturated heterocycles. The lowest BCUT2D eigenvalue weighted by Gasteiger charge is -2.34. The number of carbonyl (C=O) groups is 1. The second-order valence-corrected chi connectivity index (χ2v) is 6.54. The van der Waals surface area contributed by atoms with Crippen LogP contribution in [0.4, 0.5) is 4.39 Å². The molecule has 140 valence electrons. The lowest BCUT2D eigenvalue weighted by molar-refractivity contribution is 0.0162. The van der Waals surface area contributed by atoms with Gasteiger partial charge in [0, 0.05) is 25.0 Å². The Hall–Kier alpha value is -2.77. The molecule has 1 unspecified atom stereocenters. The number of benzene rings is 2. The molecule has 0 radical (unpaired) electrons. The third-order valence-corrected chi connectivity index (χ3v) is 4.88. The molecule has 2 N–H and O–H groups in total. The Kier molecular flexibility index (Phi) is 5.13. The molecule has 0 saturated carbocycles. The molecule has 4 rings (SSSR count). The molecule has 1 aliphatic heterocycles. The molecule has 27 heavy (non-hydrogen) atoms. The van der Waals surface area contributed by atoms with Gasteiger partial charge >= 0.3 is 0 Å². The van der Waals surface area contributed by atoms with Crippen molar-refractivity contribution in [2.24, 2.45) is 0 Å². The first-order valence-electron chi connectivity index (χ1n) is 9.01. The minimum atomic E-state index is -0.272. The van der Waals surface area contributed by atoms with E-state index in [2.05, 4.69) is 20.4 Å². The van der Waals surface area contributed by atoms with Gasteiger partial charge in [-0.25, -0.2) is 4.39 Å². The lowest BCUT2D eigenvalue weighted by Crippen LogP contribution is -2.43. The Balaban J connectivity index is 1.52. The van der Waals surface area contributed by atoms with Crippen molar-refractivity contribution in [3.8, 4) is 0 Å². The van der Waals surface area contributed by atoms with Crippen LogP contribution in [0.3, 0.4) is 0 Å². The van der Waals surface area contributed by atoms with Gasteiger partial charge in [-0.2, -0.15) is 5.10 Å². The van der Waals surface area contributed by atoms with E-state index < -0.39 is 0 Å². The second kappa shape index (κ2) is 7.85. The standard InChI is InChI=1S/C20H21FN4O2/c21-15-7-5-14(6-8-15)18(25-9-11-27-12-10-25)13-22-20(26)19-16-3-1-2-4-17(16)23-24-19/h1-8,18H,9-13H2,(H,22,26)(H,23,24). The summed E-state index contributed by atoms with van der Waals surface area (Å²) in [6.07, 6.45) is 0. The van der Waals surface area contributed by atoms with Crippen molar-refractivity contribution in [2.75, 3.05) is 32.8 Å². The Morgan fingerprint density at radius 3 is 2.70 bits per heavy atom. The first kappa shape index (κ1) is 17.6. The van der Waals surface area contributed by atoms with Crippen molar-refractivity contribution < 1.29 is 13.9 Å². The van der Waals surface area contributed by atoms with E-state index in [1.807, 2.05) is 24.3 Å². The number of aromatic nitrogens is 2. The number of nitrogens with zero attached hydrogens (tertiary/aromatic N) is 2. The molecular weight excluding hydrogens is 347 g/mol. The summed E-state index contributed by atoms with van der Waals surface area (Å²) in [5, 5.41) is 10.8. The van der Waals surface area contributed by atoms with Crippen molar-refractivity contribution in [3.05, 3.63) is 65.6 Å². The second-order valence-electron chi connectivity index (χ2n) is 6.54. The zero-order valence-corrected chi connectivity index (χ0v) is 14.8. The maximum absolute atomic E-state index is 13.3. The van der Waals surface area contributed by atoms with Crippen LogP contribution in [0, 0.1) is 5.82 Å². The number of fused-ring (bicyclic) bond motifs is 1. The Labute approximate surface area is 156 Å². The first-order chi connectivity index (χ1) is 13.2. The minimum absolute atomic E-state index is 0.0522. The Morgan fingerprint density at radius 2 is 1.93 bits per heavy atom. The Morgan fingerprint density at radius 1 is 1.19 bits per heavy atom. The number of rotatable bonds is 5. The van der Waals surface area contributed by atoms with Gasteiger partial charge in [0.2, 0.25) is 0 Å². The van der Waals surface area contributed by atoms with E-state index >= 15 is 0 Å². The van der Waals surface area contributed by atoms with Gasteiger partial charge in [-0.3, -0.25) is 14.8 Å².